The molecule has 0 bridgehead atoms. The third-order valence-electron chi connectivity index (χ3n) is 5.13. The van der Waals surface area contributed by atoms with E-state index in [-0.39, 0.29) is 17.6 Å². The van der Waals surface area contributed by atoms with E-state index in [0.29, 0.717) is 13.1 Å². The van der Waals surface area contributed by atoms with Crippen molar-refractivity contribution in [3.8, 4) is 0 Å². The predicted octanol–water partition coefficient (Wildman–Crippen LogP) is 4.00. The summed E-state index contributed by atoms with van der Waals surface area (Å²) in [6.07, 6.45) is 2.79. The van der Waals surface area contributed by atoms with Gasteiger partial charge in [-0.2, -0.15) is 12.6 Å². The first-order chi connectivity index (χ1) is 11.6. The number of thiol groups is 1. The van der Waals surface area contributed by atoms with E-state index in [9.17, 15) is 9.18 Å². The van der Waals surface area contributed by atoms with Crippen molar-refractivity contribution in [2.75, 3.05) is 18.8 Å². The molecule has 3 rings (SSSR count). The average molecular weight is 348 g/mol. The molecule has 0 saturated carbocycles. The number of nitrogens with zero attached hydrogens (tertiary/aromatic N) is 2. The van der Waals surface area contributed by atoms with Crippen LogP contribution >= 0.6 is 12.6 Å². The fraction of sp³-hybridized carbons (Fsp3) is 0.526. The Bertz CT molecular complexity index is 751. The van der Waals surface area contributed by atoms with Gasteiger partial charge in [0, 0.05) is 42.0 Å². The molecule has 24 heavy (non-hydrogen) atoms. The van der Waals surface area contributed by atoms with Gasteiger partial charge in [0.1, 0.15) is 5.82 Å². The lowest BCUT2D eigenvalue weighted by Crippen LogP contribution is -2.36. The molecule has 1 aromatic carbocycles. The number of benzene rings is 1. The van der Waals surface area contributed by atoms with Crippen molar-refractivity contribution in [1.29, 1.82) is 0 Å². The number of fused-ring (bicyclic) bond motifs is 3. The standard InChI is InChI=1S/C19H25FN2OS/c1-3-21(4-2)19(23)14-6-5-7-17-18(14)15-12-13(20)8-9-16(15)22(17)10-11-24/h8-9,12,14,24H,3-7,10-11H2,1-2H3. The van der Waals surface area contributed by atoms with Gasteiger partial charge in [0.25, 0.3) is 0 Å². The number of aromatic nitrogens is 1. The lowest BCUT2D eigenvalue weighted by molar-refractivity contribution is -0.132. The molecule has 1 amide bonds. The van der Waals surface area contributed by atoms with Gasteiger partial charge in [-0.15, -0.1) is 0 Å². The van der Waals surface area contributed by atoms with Crippen LogP contribution in [-0.4, -0.2) is 34.2 Å². The first-order valence-electron chi connectivity index (χ1n) is 8.82. The fourth-order valence-electron chi connectivity index (χ4n) is 4.04. The maximum absolute atomic E-state index is 13.9. The third-order valence-corrected chi connectivity index (χ3v) is 5.33. The van der Waals surface area contributed by atoms with Crippen LogP contribution in [0.15, 0.2) is 18.2 Å². The van der Waals surface area contributed by atoms with Crippen LogP contribution in [0.1, 0.15) is 43.9 Å². The molecule has 3 nitrogen and oxygen atoms in total. The normalized spacial score (nSPS) is 17.1. The second-order valence-electron chi connectivity index (χ2n) is 6.35. The van der Waals surface area contributed by atoms with E-state index in [2.05, 4.69) is 17.2 Å². The molecule has 1 aromatic heterocycles. The van der Waals surface area contributed by atoms with Crippen LogP contribution < -0.4 is 0 Å². The van der Waals surface area contributed by atoms with Gasteiger partial charge in [0.15, 0.2) is 0 Å². The highest BCUT2D eigenvalue weighted by Gasteiger charge is 2.33. The first kappa shape index (κ1) is 17.3. The molecule has 0 N–H and O–H groups in total. The third kappa shape index (κ3) is 2.83. The van der Waals surface area contributed by atoms with Crippen LogP contribution in [-0.2, 0) is 17.8 Å². The Morgan fingerprint density at radius 1 is 1.38 bits per heavy atom. The molecule has 5 heteroatoms. The highest BCUT2D eigenvalue weighted by molar-refractivity contribution is 7.80. The molecule has 1 aliphatic carbocycles. The Balaban J connectivity index is 2.18. The minimum atomic E-state index is -0.243. The highest BCUT2D eigenvalue weighted by atomic mass is 32.1. The minimum Gasteiger partial charge on any atom is -0.343 e. The topological polar surface area (TPSA) is 25.2 Å². The van der Waals surface area contributed by atoms with Crippen molar-refractivity contribution in [2.24, 2.45) is 0 Å². The van der Waals surface area contributed by atoms with E-state index < -0.39 is 0 Å². The number of halogens is 1. The summed E-state index contributed by atoms with van der Waals surface area (Å²) >= 11 is 4.38. The van der Waals surface area contributed by atoms with Crippen molar-refractivity contribution in [3.63, 3.8) is 0 Å². The number of carbonyl (C=O) groups excluding carboxylic acids is 1. The van der Waals surface area contributed by atoms with Gasteiger partial charge in [0.2, 0.25) is 5.91 Å². The van der Waals surface area contributed by atoms with Gasteiger partial charge in [0.05, 0.1) is 5.92 Å². The maximum atomic E-state index is 13.9. The Morgan fingerprint density at radius 2 is 2.12 bits per heavy atom. The summed E-state index contributed by atoms with van der Waals surface area (Å²) in [7, 11) is 0. The molecule has 0 radical (unpaired) electrons. The summed E-state index contributed by atoms with van der Waals surface area (Å²) in [5.74, 6) is 0.504. The van der Waals surface area contributed by atoms with Crippen molar-refractivity contribution < 1.29 is 9.18 Å². The van der Waals surface area contributed by atoms with Gasteiger partial charge in [-0.3, -0.25) is 4.79 Å². The number of rotatable bonds is 5. The van der Waals surface area contributed by atoms with Gasteiger partial charge in [-0.05, 0) is 56.9 Å². The van der Waals surface area contributed by atoms with Crippen LogP contribution in [0.4, 0.5) is 4.39 Å². The van der Waals surface area contributed by atoms with Crippen molar-refractivity contribution in [1.82, 2.24) is 9.47 Å². The van der Waals surface area contributed by atoms with E-state index >= 15 is 0 Å². The van der Waals surface area contributed by atoms with Crippen LogP contribution in [0.3, 0.4) is 0 Å². The SMILES string of the molecule is CCN(CC)C(=O)C1CCCc2c1c1cc(F)ccc1n2CCS. The Kier molecular flexibility index (Phi) is 5.18. The Morgan fingerprint density at radius 3 is 2.79 bits per heavy atom. The lowest BCUT2D eigenvalue weighted by Gasteiger charge is -2.29. The fourth-order valence-corrected chi connectivity index (χ4v) is 4.24. The van der Waals surface area contributed by atoms with Crippen LogP contribution in [0, 0.1) is 5.82 Å². The molecule has 0 saturated heterocycles. The van der Waals surface area contributed by atoms with E-state index in [1.54, 1.807) is 6.07 Å². The number of carbonyl (C=O) groups is 1. The van der Waals surface area contributed by atoms with Crippen LogP contribution in [0.2, 0.25) is 0 Å². The first-order valence-corrected chi connectivity index (χ1v) is 9.45. The molecular formula is C19H25FN2OS. The zero-order valence-corrected chi connectivity index (χ0v) is 15.3. The largest absolute Gasteiger partial charge is 0.343 e. The van der Waals surface area contributed by atoms with E-state index in [1.807, 2.05) is 24.8 Å². The van der Waals surface area contributed by atoms with E-state index in [0.717, 1.165) is 48.0 Å². The molecular weight excluding hydrogens is 323 g/mol. The molecule has 1 aliphatic rings. The predicted molar refractivity (Wildman–Crippen MR) is 99.4 cm³/mol. The second kappa shape index (κ2) is 7.18. The van der Waals surface area contributed by atoms with E-state index in [4.69, 9.17) is 0 Å². The van der Waals surface area contributed by atoms with Crippen molar-refractivity contribution in [3.05, 3.63) is 35.3 Å². The minimum absolute atomic E-state index is 0.154. The Hall–Kier alpha value is -1.49. The number of likely N-dealkylation sites (N-methyl/N-ethyl adjacent to an activating group) is 1. The zero-order chi connectivity index (χ0) is 17.3. The molecule has 2 aromatic rings. The van der Waals surface area contributed by atoms with Crippen molar-refractivity contribution in [2.45, 2.75) is 45.6 Å². The van der Waals surface area contributed by atoms with Crippen molar-refractivity contribution >= 4 is 29.4 Å². The molecule has 0 fully saturated rings. The van der Waals surface area contributed by atoms with Crippen LogP contribution in [0.25, 0.3) is 10.9 Å². The number of amides is 1. The summed E-state index contributed by atoms with van der Waals surface area (Å²) in [5, 5.41) is 0.900. The quantitative estimate of drug-likeness (QED) is 0.812. The number of hydrogen-bond donors (Lipinski definition) is 1. The number of hydrogen-bond acceptors (Lipinski definition) is 2. The molecule has 0 aliphatic heterocycles. The summed E-state index contributed by atoms with van der Waals surface area (Å²) in [4.78, 5) is 14.9. The van der Waals surface area contributed by atoms with Gasteiger partial charge >= 0.3 is 0 Å². The summed E-state index contributed by atoms with van der Waals surface area (Å²) in [6, 6.07) is 4.94. The summed E-state index contributed by atoms with van der Waals surface area (Å²) < 4.78 is 16.1. The van der Waals surface area contributed by atoms with Gasteiger partial charge in [-0.25, -0.2) is 4.39 Å². The maximum Gasteiger partial charge on any atom is 0.230 e. The smallest absolute Gasteiger partial charge is 0.230 e. The molecule has 130 valence electrons. The summed E-state index contributed by atoms with van der Waals surface area (Å²) in [5.41, 5.74) is 3.27. The second-order valence-corrected chi connectivity index (χ2v) is 6.80. The molecule has 1 heterocycles. The Labute approximate surface area is 148 Å². The molecule has 1 unspecified atom stereocenters. The monoisotopic (exact) mass is 348 g/mol. The van der Waals surface area contributed by atoms with Gasteiger partial charge in [-0.1, -0.05) is 0 Å². The van der Waals surface area contributed by atoms with Crippen LogP contribution in [0.5, 0.6) is 0 Å². The van der Waals surface area contributed by atoms with E-state index in [1.165, 1.54) is 11.8 Å². The molecule has 0 spiro atoms. The average Bonchev–Trinajstić information content (AvgIpc) is 2.90. The number of aryl methyl sites for hydroxylation is 1. The molecule has 1 atom stereocenters. The summed E-state index contributed by atoms with van der Waals surface area (Å²) in [6.45, 7) is 6.23. The lowest BCUT2D eigenvalue weighted by atomic mass is 9.84. The highest BCUT2D eigenvalue weighted by Crippen LogP contribution is 2.40. The van der Waals surface area contributed by atoms with Gasteiger partial charge < -0.3 is 9.47 Å². The zero-order valence-electron chi connectivity index (χ0n) is 14.4.